The van der Waals surface area contributed by atoms with Gasteiger partial charge < -0.3 is 4.98 Å². The molecule has 1 aliphatic heterocycles. The van der Waals surface area contributed by atoms with Crippen molar-refractivity contribution in [1.29, 1.82) is 0 Å². The number of nitrogens with one attached hydrogen (secondary N) is 1. The fraction of sp³-hybridized carbons (Fsp3) is 0.0833. The van der Waals surface area contributed by atoms with Crippen LogP contribution in [-0.4, -0.2) is 17.4 Å². The average molecular weight is 211 g/mol. The van der Waals surface area contributed by atoms with E-state index in [4.69, 9.17) is 0 Å². The number of aromatic amines is 1. The zero-order chi connectivity index (χ0) is 11.0. The summed E-state index contributed by atoms with van der Waals surface area (Å²) in [7, 11) is 0. The number of hydrogen-bond acceptors (Lipinski definition) is 2. The summed E-state index contributed by atoms with van der Waals surface area (Å²) in [5.41, 5.74) is 2.71. The normalized spacial score (nSPS) is 17.8. The maximum Gasteiger partial charge on any atom is 0.292 e. The third-order valence-corrected chi connectivity index (χ3v) is 2.63. The molecule has 0 saturated heterocycles. The fourth-order valence-electron chi connectivity index (χ4n) is 1.82. The Morgan fingerprint density at radius 1 is 1.31 bits per heavy atom. The molecule has 0 bridgehead atoms. The topological polar surface area (TPSA) is 57.6 Å². The number of nitrogens with zero attached hydrogens (tertiary/aromatic N) is 2. The van der Waals surface area contributed by atoms with Crippen molar-refractivity contribution in [2.75, 3.05) is 6.54 Å². The summed E-state index contributed by atoms with van der Waals surface area (Å²) in [4.78, 5) is 14.5. The maximum atomic E-state index is 11.3. The van der Waals surface area contributed by atoms with Crippen molar-refractivity contribution < 1.29 is 4.79 Å². The minimum Gasteiger partial charge on any atom is -0.361 e. The zero-order valence-electron chi connectivity index (χ0n) is 8.47. The quantitative estimate of drug-likeness (QED) is 0.724. The Hall–Kier alpha value is -2.23. The van der Waals surface area contributed by atoms with E-state index in [0.717, 1.165) is 16.5 Å². The molecule has 1 amide bonds. The van der Waals surface area contributed by atoms with Crippen LogP contribution < -0.4 is 0 Å². The summed E-state index contributed by atoms with van der Waals surface area (Å²) in [6.45, 7) is 0.387. The molecule has 4 heteroatoms. The first-order chi connectivity index (χ1) is 7.84. The molecule has 4 nitrogen and oxygen atoms in total. The van der Waals surface area contributed by atoms with Crippen LogP contribution >= 0.6 is 0 Å². The van der Waals surface area contributed by atoms with Gasteiger partial charge in [-0.1, -0.05) is 18.2 Å². The van der Waals surface area contributed by atoms with Crippen LogP contribution in [0, 0.1) is 0 Å². The Morgan fingerprint density at radius 2 is 2.19 bits per heavy atom. The van der Waals surface area contributed by atoms with E-state index in [1.54, 1.807) is 0 Å². The molecule has 0 fully saturated rings. The first kappa shape index (κ1) is 9.03. The van der Waals surface area contributed by atoms with Gasteiger partial charge in [0, 0.05) is 28.2 Å². The van der Waals surface area contributed by atoms with Crippen LogP contribution in [0.25, 0.3) is 17.0 Å². The smallest absolute Gasteiger partial charge is 0.292 e. The first-order valence-electron chi connectivity index (χ1n) is 5.03. The number of benzene rings is 1. The lowest BCUT2D eigenvalue weighted by atomic mass is 10.1. The van der Waals surface area contributed by atoms with Crippen LogP contribution in [-0.2, 0) is 4.79 Å². The molecule has 0 saturated carbocycles. The number of rotatable bonds is 1. The highest BCUT2D eigenvalue weighted by Crippen LogP contribution is 2.21. The highest BCUT2D eigenvalue weighted by molar-refractivity contribution is 6.02. The summed E-state index contributed by atoms with van der Waals surface area (Å²) in [5.74, 6) is -0.231. The van der Waals surface area contributed by atoms with Crippen molar-refractivity contribution in [3.8, 4) is 0 Å². The molecule has 0 radical (unpaired) electrons. The molecule has 3 rings (SSSR count). The molecule has 2 aromatic rings. The SMILES string of the molecule is O=C1N=NCC1=Cc1c[nH]c2ccccc12. The largest absolute Gasteiger partial charge is 0.361 e. The molecule has 0 spiro atoms. The Bertz CT molecular complexity index is 622. The first-order valence-corrected chi connectivity index (χ1v) is 5.03. The summed E-state index contributed by atoms with van der Waals surface area (Å²) < 4.78 is 0. The molecule has 0 atom stereocenters. The molecule has 16 heavy (non-hydrogen) atoms. The van der Waals surface area contributed by atoms with Crippen molar-refractivity contribution >= 4 is 22.9 Å². The molecule has 78 valence electrons. The number of carbonyl (C=O) groups excluding carboxylic acids is 1. The lowest BCUT2D eigenvalue weighted by Gasteiger charge is -1.92. The number of azo groups is 1. The fourth-order valence-corrected chi connectivity index (χ4v) is 1.82. The van der Waals surface area contributed by atoms with E-state index in [2.05, 4.69) is 15.2 Å². The van der Waals surface area contributed by atoms with Crippen LogP contribution in [0.4, 0.5) is 0 Å². The Morgan fingerprint density at radius 3 is 3.00 bits per heavy atom. The van der Waals surface area contributed by atoms with E-state index in [0.29, 0.717) is 12.1 Å². The average Bonchev–Trinajstić information content (AvgIpc) is 2.88. The Kier molecular flexibility index (Phi) is 1.93. The van der Waals surface area contributed by atoms with Crippen molar-refractivity contribution in [2.45, 2.75) is 0 Å². The van der Waals surface area contributed by atoms with Crippen LogP contribution in [0.3, 0.4) is 0 Å². The second-order valence-electron chi connectivity index (χ2n) is 3.66. The molecule has 1 aromatic carbocycles. The Labute approximate surface area is 91.7 Å². The summed E-state index contributed by atoms with van der Waals surface area (Å²) in [6, 6.07) is 7.97. The third kappa shape index (κ3) is 1.35. The second kappa shape index (κ2) is 3.41. The monoisotopic (exact) mass is 211 g/mol. The van der Waals surface area contributed by atoms with E-state index in [9.17, 15) is 4.79 Å². The van der Waals surface area contributed by atoms with E-state index in [1.807, 2.05) is 36.5 Å². The van der Waals surface area contributed by atoms with E-state index in [1.165, 1.54) is 0 Å². The van der Waals surface area contributed by atoms with Crippen molar-refractivity contribution in [2.24, 2.45) is 10.2 Å². The van der Waals surface area contributed by atoms with Gasteiger partial charge in [-0.3, -0.25) is 4.79 Å². The maximum absolute atomic E-state index is 11.3. The Balaban J connectivity index is 2.10. The standard InChI is InChI=1S/C12H9N3O/c16-12-9(7-14-15-12)5-8-6-13-11-4-2-1-3-10(8)11/h1-6,13H,7H2. The van der Waals surface area contributed by atoms with E-state index in [-0.39, 0.29) is 5.91 Å². The number of aromatic nitrogens is 1. The number of H-pyrrole nitrogens is 1. The van der Waals surface area contributed by atoms with Gasteiger partial charge in [-0.2, -0.15) is 5.11 Å². The van der Waals surface area contributed by atoms with Crippen LogP contribution in [0.2, 0.25) is 0 Å². The summed E-state index contributed by atoms with van der Waals surface area (Å²) in [5, 5.41) is 8.30. The molecular formula is C12H9N3O. The molecule has 2 heterocycles. The molecule has 0 unspecified atom stereocenters. The summed E-state index contributed by atoms with van der Waals surface area (Å²) >= 11 is 0. The molecule has 1 aromatic heterocycles. The van der Waals surface area contributed by atoms with Gasteiger partial charge in [-0.15, -0.1) is 5.11 Å². The molecular weight excluding hydrogens is 202 g/mol. The van der Waals surface area contributed by atoms with Gasteiger partial charge in [-0.05, 0) is 12.1 Å². The highest BCUT2D eigenvalue weighted by Gasteiger charge is 2.14. The third-order valence-electron chi connectivity index (χ3n) is 2.63. The number of fused-ring (bicyclic) bond motifs is 1. The van der Waals surface area contributed by atoms with Gasteiger partial charge in [0.25, 0.3) is 5.91 Å². The number of para-hydroxylation sites is 1. The lowest BCUT2D eigenvalue weighted by molar-refractivity contribution is -0.114. The second-order valence-corrected chi connectivity index (χ2v) is 3.66. The van der Waals surface area contributed by atoms with Crippen molar-refractivity contribution in [3.05, 3.63) is 41.6 Å². The molecule has 0 aliphatic carbocycles. The van der Waals surface area contributed by atoms with Crippen molar-refractivity contribution in [1.82, 2.24) is 4.98 Å². The van der Waals surface area contributed by atoms with Crippen LogP contribution in [0.15, 0.2) is 46.3 Å². The lowest BCUT2D eigenvalue weighted by Crippen LogP contribution is -1.93. The van der Waals surface area contributed by atoms with Gasteiger partial charge in [0.1, 0.15) is 0 Å². The number of amides is 1. The van der Waals surface area contributed by atoms with Gasteiger partial charge >= 0.3 is 0 Å². The summed E-state index contributed by atoms with van der Waals surface area (Å²) in [6.07, 6.45) is 3.74. The van der Waals surface area contributed by atoms with Crippen molar-refractivity contribution in [3.63, 3.8) is 0 Å². The highest BCUT2D eigenvalue weighted by atomic mass is 16.2. The minimum atomic E-state index is -0.231. The van der Waals surface area contributed by atoms with E-state index < -0.39 is 0 Å². The van der Waals surface area contributed by atoms with Gasteiger partial charge in [-0.25, -0.2) is 0 Å². The zero-order valence-corrected chi connectivity index (χ0v) is 8.47. The van der Waals surface area contributed by atoms with Crippen LogP contribution in [0.1, 0.15) is 5.56 Å². The van der Waals surface area contributed by atoms with E-state index >= 15 is 0 Å². The van der Waals surface area contributed by atoms with Gasteiger partial charge in [0.05, 0.1) is 6.54 Å². The number of carbonyl (C=O) groups is 1. The van der Waals surface area contributed by atoms with Gasteiger partial charge in [0.2, 0.25) is 0 Å². The minimum absolute atomic E-state index is 0.231. The molecule has 1 aliphatic rings. The number of hydrogen-bond donors (Lipinski definition) is 1. The van der Waals surface area contributed by atoms with Gasteiger partial charge in [0.15, 0.2) is 0 Å². The van der Waals surface area contributed by atoms with Crippen LogP contribution in [0.5, 0.6) is 0 Å². The predicted octanol–water partition coefficient (Wildman–Crippen LogP) is 2.54. The predicted molar refractivity (Wildman–Crippen MR) is 61.0 cm³/mol. The molecule has 1 N–H and O–H groups in total.